The number of hydrogen-bond acceptors (Lipinski definition) is 3. The van der Waals surface area contributed by atoms with Crippen LogP contribution in [0.2, 0.25) is 0 Å². The monoisotopic (exact) mass is 284 g/mol. The second-order valence-corrected chi connectivity index (χ2v) is 6.94. The first-order chi connectivity index (χ1) is 9.34. The van der Waals surface area contributed by atoms with Crippen molar-refractivity contribution in [3.63, 3.8) is 0 Å². The molecule has 0 aliphatic carbocycles. The lowest BCUT2D eigenvalue weighted by atomic mass is 9.90. The average Bonchev–Trinajstić information content (AvgIpc) is 2.33. The number of nitrogens with one attached hydrogen (secondary N) is 1. The van der Waals surface area contributed by atoms with Crippen molar-refractivity contribution in [1.29, 1.82) is 0 Å². The summed E-state index contributed by atoms with van der Waals surface area (Å²) in [5, 5.41) is 3.04. The van der Waals surface area contributed by atoms with E-state index in [4.69, 9.17) is 4.74 Å². The molecule has 0 radical (unpaired) electrons. The number of nitrogens with zero attached hydrogens (tertiary/aromatic N) is 1. The molecule has 1 N–H and O–H groups in total. The van der Waals surface area contributed by atoms with Crippen LogP contribution in [0.15, 0.2) is 0 Å². The van der Waals surface area contributed by atoms with Crippen LogP contribution < -0.4 is 5.32 Å². The smallest absolute Gasteiger partial charge is 0.407 e. The molecule has 1 aliphatic heterocycles. The Labute approximate surface area is 124 Å². The van der Waals surface area contributed by atoms with Gasteiger partial charge in [-0.1, -0.05) is 26.7 Å². The number of hydrogen-bond donors (Lipinski definition) is 1. The Morgan fingerprint density at radius 3 is 2.55 bits per heavy atom. The number of carbonyl (C=O) groups excluding carboxylic acids is 1. The fourth-order valence-corrected chi connectivity index (χ4v) is 2.84. The van der Waals surface area contributed by atoms with Gasteiger partial charge in [-0.05, 0) is 46.1 Å². The van der Waals surface area contributed by atoms with Crippen LogP contribution in [-0.4, -0.2) is 42.3 Å². The van der Waals surface area contributed by atoms with E-state index in [-0.39, 0.29) is 12.1 Å². The largest absolute Gasteiger partial charge is 0.444 e. The van der Waals surface area contributed by atoms with E-state index in [1.807, 2.05) is 20.8 Å². The molecule has 0 spiro atoms. The molecule has 0 aromatic heterocycles. The summed E-state index contributed by atoms with van der Waals surface area (Å²) in [4.78, 5) is 14.3. The van der Waals surface area contributed by atoms with E-state index in [0.717, 1.165) is 19.5 Å². The first kappa shape index (κ1) is 17.3. The van der Waals surface area contributed by atoms with E-state index >= 15 is 0 Å². The van der Waals surface area contributed by atoms with Crippen LogP contribution in [-0.2, 0) is 4.74 Å². The highest BCUT2D eigenvalue weighted by molar-refractivity contribution is 5.68. The van der Waals surface area contributed by atoms with E-state index in [1.165, 1.54) is 25.8 Å². The van der Waals surface area contributed by atoms with Crippen LogP contribution >= 0.6 is 0 Å². The van der Waals surface area contributed by atoms with Gasteiger partial charge in [0.1, 0.15) is 5.60 Å². The first-order valence-corrected chi connectivity index (χ1v) is 8.06. The van der Waals surface area contributed by atoms with Crippen molar-refractivity contribution in [3.8, 4) is 0 Å². The summed E-state index contributed by atoms with van der Waals surface area (Å²) >= 11 is 0. The third-order valence-electron chi connectivity index (χ3n) is 3.75. The minimum atomic E-state index is -0.426. The zero-order valence-corrected chi connectivity index (χ0v) is 13.9. The van der Waals surface area contributed by atoms with Gasteiger partial charge < -0.3 is 15.0 Å². The molecule has 1 fully saturated rings. The number of ether oxygens (including phenoxy) is 1. The van der Waals surface area contributed by atoms with Crippen LogP contribution in [0.1, 0.15) is 60.3 Å². The van der Waals surface area contributed by atoms with Crippen molar-refractivity contribution < 1.29 is 9.53 Å². The second kappa shape index (κ2) is 7.87. The Morgan fingerprint density at radius 1 is 1.30 bits per heavy atom. The zero-order chi connectivity index (χ0) is 15.2. The molecule has 1 amide bonds. The van der Waals surface area contributed by atoms with Gasteiger partial charge in [-0.2, -0.15) is 0 Å². The highest BCUT2D eigenvalue weighted by Crippen LogP contribution is 2.22. The minimum Gasteiger partial charge on any atom is -0.444 e. The highest BCUT2D eigenvalue weighted by Gasteiger charge is 2.28. The Balaban J connectivity index is 2.48. The zero-order valence-electron chi connectivity index (χ0n) is 13.9. The van der Waals surface area contributed by atoms with Crippen molar-refractivity contribution >= 4 is 6.09 Å². The topological polar surface area (TPSA) is 41.6 Å². The lowest BCUT2D eigenvalue weighted by Crippen LogP contribution is -2.51. The summed E-state index contributed by atoms with van der Waals surface area (Å²) in [5.41, 5.74) is -0.426. The molecule has 4 nitrogen and oxygen atoms in total. The molecule has 1 saturated heterocycles. The fourth-order valence-electron chi connectivity index (χ4n) is 2.84. The number of piperidine rings is 1. The third-order valence-corrected chi connectivity index (χ3v) is 3.75. The van der Waals surface area contributed by atoms with Crippen LogP contribution in [0.4, 0.5) is 4.79 Å². The SMILES string of the molecule is CCCCC1CC(NC(=O)OC(C)(C)C)CN(CC)C1. The van der Waals surface area contributed by atoms with E-state index in [2.05, 4.69) is 24.1 Å². The molecule has 1 heterocycles. The molecule has 1 aliphatic rings. The molecule has 20 heavy (non-hydrogen) atoms. The predicted molar refractivity (Wildman–Crippen MR) is 82.9 cm³/mol. The number of alkyl carbamates (subject to hydrolysis) is 1. The van der Waals surface area contributed by atoms with Crippen LogP contribution in [0.3, 0.4) is 0 Å². The fraction of sp³-hybridized carbons (Fsp3) is 0.938. The second-order valence-electron chi connectivity index (χ2n) is 6.94. The summed E-state index contributed by atoms with van der Waals surface area (Å²) in [7, 11) is 0. The lowest BCUT2D eigenvalue weighted by Gasteiger charge is -2.37. The number of rotatable bonds is 5. The van der Waals surface area contributed by atoms with Gasteiger partial charge in [0.2, 0.25) is 0 Å². The van der Waals surface area contributed by atoms with Crippen LogP contribution in [0.25, 0.3) is 0 Å². The average molecular weight is 284 g/mol. The Kier molecular flexibility index (Phi) is 6.80. The molecule has 0 aromatic carbocycles. The van der Waals surface area contributed by atoms with Crippen molar-refractivity contribution in [3.05, 3.63) is 0 Å². The van der Waals surface area contributed by atoms with E-state index in [9.17, 15) is 4.79 Å². The molecule has 2 atom stereocenters. The van der Waals surface area contributed by atoms with E-state index < -0.39 is 5.60 Å². The molecular weight excluding hydrogens is 252 g/mol. The van der Waals surface area contributed by atoms with Gasteiger partial charge >= 0.3 is 6.09 Å². The standard InChI is InChI=1S/C16H32N2O2/c1-6-8-9-13-10-14(12-18(7-2)11-13)17-15(19)20-16(3,4)5/h13-14H,6-12H2,1-5H3,(H,17,19). The molecule has 0 aromatic rings. The maximum Gasteiger partial charge on any atom is 0.407 e. The molecule has 0 bridgehead atoms. The number of unbranched alkanes of at least 4 members (excludes halogenated alkanes) is 1. The van der Waals surface area contributed by atoms with Gasteiger partial charge in [0.25, 0.3) is 0 Å². The van der Waals surface area contributed by atoms with Gasteiger partial charge in [-0.3, -0.25) is 0 Å². The summed E-state index contributed by atoms with van der Waals surface area (Å²) in [6.07, 6.45) is 4.58. The Bertz CT molecular complexity index is 299. The normalized spacial score (nSPS) is 24.4. The molecule has 0 saturated carbocycles. The number of likely N-dealkylation sites (N-methyl/N-ethyl adjacent to an activating group) is 1. The summed E-state index contributed by atoms with van der Waals surface area (Å²) in [5.74, 6) is 0.698. The minimum absolute atomic E-state index is 0.223. The van der Waals surface area contributed by atoms with Crippen LogP contribution in [0.5, 0.6) is 0 Å². The molecule has 2 unspecified atom stereocenters. The van der Waals surface area contributed by atoms with Crippen molar-refractivity contribution in [1.82, 2.24) is 10.2 Å². The highest BCUT2D eigenvalue weighted by atomic mass is 16.6. The van der Waals surface area contributed by atoms with Crippen molar-refractivity contribution in [2.45, 2.75) is 71.9 Å². The van der Waals surface area contributed by atoms with E-state index in [1.54, 1.807) is 0 Å². The van der Waals surface area contributed by atoms with Gasteiger partial charge in [0, 0.05) is 19.1 Å². The molecule has 1 rings (SSSR count). The Morgan fingerprint density at radius 2 is 2.00 bits per heavy atom. The maximum absolute atomic E-state index is 11.9. The van der Waals surface area contributed by atoms with Gasteiger partial charge in [0.05, 0.1) is 0 Å². The number of carbonyl (C=O) groups is 1. The van der Waals surface area contributed by atoms with E-state index in [0.29, 0.717) is 5.92 Å². The Hall–Kier alpha value is -0.770. The molecule has 4 heteroatoms. The summed E-state index contributed by atoms with van der Waals surface area (Å²) in [6, 6.07) is 0.223. The van der Waals surface area contributed by atoms with Crippen molar-refractivity contribution in [2.75, 3.05) is 19.6 Å². The first-order valence-electron chi connectivity index (χ1n) is 8.06. The number of amides is 1. The predicted octanol–water partition coefficient (Wildman–Crippen LogP) is 3.41. The van der Waals surface area contributed by atoms with Gasteiger partial charge in [-0.15, -0.1) is 0 Å². The van der Waals surface area contributed by atoms with Crippen LogP contribution in [0, 0.1) is 5.92 Å². The quantitative estimate of drug-likeness (QED) is 0.841. The molecular formula is C16H32N2O2. The summed E-state index contributed by atoms with van der Waals surface area (Å²) < 4.78 is 5.36. The van der Waals surface area contributed by atoms with Gasteiger partial charge in [-0.25, -0.2) is 4.79 Å². The molecule has 118 valence electrons. The third kappa shape index (κ3) is 6.60. The lowest BCUT2D eigenvalue weighted by molar-refractivity contribution is 0.0448. The van der Waals surface area contributed by atoms with Crippen molar-refractivity contribution in [2.24, 2.45) is 5.92 Å². The maximum atomic E-state index is 11.9. The number of likely N-dealkylation sites (tertiary alicyclic amines) is 1. The van der Waals surface area contributed by atoms with Gasteiger partial charge in [0.15, 0.2) is 0 Å². The summed E-state index contributed by atoms with van der Waals surface area (Å²) in [6.45, 7) is 13.3.